The van der Waals surface area contributed by atoms with Gasteiger partial charge in [-0.1, -0.05) is 12.1 Å². The van der Waals surface area contributed by atoms with Crippen molar-refractivity contribution in [3.05, 3.63) is 57.8 Å². The van der Waals surface area contributed by atoms with Gasteiger partial charge in [0.15, 0.2) is 0 Å². The van der Waals surface area contributed by atoms with Crippen molar-refractivity contribution >= 4 is 33.9 Å². The molecular weight excluding hydrogens is 505 g/mol. The Morgan fingerprint density at radius 1 is 1.26 bits per heavy atom. The number of carbonyl (C=O) groups is 1. The third-order valence-electron chi connectivity index (χ3n) is 5.15. The first-order chi connectivity index (χ1) is 16.2. The van der Waals surface area contributed by atoms with Gasteiger partial charge in [0.2, 0.25) is 0 Å². The van der Waals surface area contributed by atoms with Crippen molar-refractivity contribution in [1.29, 1.82) is 5.41 Å². The van der Waals surface area contributed by atoms with Crippen molar-refractivity contribution in [2.45, 2.75) is 57.9 Å². The molecule has 2 unspecified atom stereocenters. The minimum absolute atomic E-state index is 0.0354. The first-order valence-corrected chi connectivity index (χ1v) is 12.0. The molecule has 1 fully saturated rings. The summed E-state index contributed by atoms with van der Waals surface area (Å²) in [5.41, 5.74) is 1.26. The molecule has 0 radical (unpaired) electrons. The van der Waals surface area contributed by atoms with Crippen LogP contribution in [0.2, 0.25) is 0 Å². The van der Waals surface area contributed by atoms with Crippen LogP contribution in [0.15, 0.2) is 40.9 Å². The molecule has 0 saturated carbocycles. The Morgan fingerprint density at radius 3 is 2.62 bits per heavy atom. The third-order valence-corrected chi connectivity index (χ3v) is 5.77. The van der Waals surface area contributed by atoms with E-state index in [-0.39, 0.29) is 18.7 Å². The van der Waals surface area contributed by atoms with Crippen molar-refractivity contribution in [2.75, 3.05) is 18.5 Å². The maximum atomic E-state index is 13.5. The van der Waals surface area contributed by atoms with Crippen LogP contribution >= 0.6 is 15.9 Å². The Hall–Kier alpha value is -2.65. The normalized spacial score (nSPS) is 16.9. The van der Waals surface area contributed by atoms with Gasteiger partial charge in [-0.15, -0.1) is 0 Å². The van der Waals surface area contributed by atoms with Crippen LogP contribution in [0.3, 0.4) is 0 Å². The maximum absolute atomic E-state index is 13.5. The lowest BCUT2D eigenvalue weighted by atomic mass is 10.1. The summed E-state index contributed by atoms with van der Waals surface area (Å²) in [5, 5.41) is 14.1. The van der Waals surface area contributed by atoms with Gasteiger partial charge in [0.05, 0.1) is 16.1 Å². The van der Waals surface area contributed by atoms with Gasteiger partial charge in [-0.2, -0.15) is 0 Å². The number of anilines is 1. The van der Waals surface area contributed by atoms with Crippen molar-refractivity contribution in [1.82, 2.24) is 5.32 Å². The molecule has 1 amide bonds. The van der Waals surface area contributed by atoms with Crippen LogP contribution in [0, 0.1) is 11.2 Å². The molecule has 0 aliphatic carbocycles. The van der Waals surface area contributed by atoms with Crippen molar-refractivity contribution in [3.8, 4) is 5.75 Å². The van der Waals surface area contributed by atoms with E-state index in [1.165, 1.54) is 18.3 Å². The van der Waals surface area contributed by atoms with Gasteiger partial charge < -0.3 is 30.3 Å². The fourth-order valence-electron chi connectivity index (χ4n) is 3.55. The van der Waals surface area contributed by atoms with Gasteiger partial charge in [0, 0.05) is 18.5 Å². The molecule has 2 aromatic carbocycles. The minimum atomic E-state index is -0.671. The van der Waals surface area contributed by atoms with E-state index >= 15 is 0 Å². The predicted molar refractivity (Wildman–Crippen MR) is 133 cm³/mol. The molecule has 34 heavy (non-hydrogen) atoms. The van der Waals surface area contributed by atoms with E-state index < -0.39 is 17.7 Å². The van der Waals surface area contributed by atoms with E-state index in [1.54, 1.807) is 32.9 Å². The number of halogens is 2. The lowest BCUT2D eigenvalue weighted by Gasteiger charge is -2.27. The van der Waals surface area contributed by atoms with Crippen LogP contribution in [-0.2, 0) is 9.47 Å². The predicted octanol–water partition coefficient (Wildman–Crippen LogP) is 6.17. The second-order valence-electron chi connectivity index (χ2n) is 9.04. The summed E-state index contributed by atoms with van der Waals surface area (Å²) in [4.78, 5) is 12.5. The molecule has 1 heterocycles. The fourth-order valence-corrected chi connectivity index (χ4v) is 4.01. The van der Waals surface area contributed by atoms with E-state index in [0.29, 0.717) is 28.0 Å². The van der Waals surface area contributed by atoms with Crippen LogP contribution in [0.1, 0.15) is 57.2 Å². The standard InChI is InChI=1S/C25H31BrFN3O4/c1-25(2,3)34-24(31)30-21(16-7-9-17(27)10-8-16)15-33-23-18(14-28)20(12-11-19(23)26)29-22-6-4-5-13-32-22/h7-12,14,21-22,28-29H,4-6,13,15H2,1-3H3,(H,30,31). The summed E-state index contributed by atoms with van der Waals surface area (Å²) < 4.78 is 31.4. The van der Waals surface area contributed by atoms with E-state index in [9.17, 15) is 9.18 Å². The number of rotatable bonds is 8. The lowest BCUT2D eigenvalue weighted by Crippen LogP contribution is -2.37. The highest BCUT2D eigenvalue weighted by Gasteiger charge is 2.23. The highest BCUT2D eigenvalue weighted by Crippen LogP contribution is 2.35. The third kappa shape index (κ3) is 7.43. The van der Waals surface area contributed by atoms with Gasteiger partial charge in [-0.25, -0.2) is 9.18 Å². The topological polar surface area (TPSA) is 92.7 Å². The smallest absolute Gasteiger partial charge is 0.408 e. The summed E-state index contributed by atoms with van der Waals surface area (Å²) in [6.07, 6.45) is 3.49. The minimum Gasteiger partial charge on any atom is -0.489 e. The molecule has 0 spiro atoms. The molecule has 1 aliphatic rings. The number of benzene rings is 2. The van der Waals surface area contributed by atoms with Crippen LogP contribution in [0.25, 0.3) is 0 Å². The average molecular weight is 536 g/mol. The molecule has 1 saturated heterocycles. The Bertz CT molecular complexity index is 989. The van der Waals surface area contributed by atoms with Gasteiger partial charge >= 0.3 is 6.09 Å². The molecule has 1 aliphatic heterocycles. The van der Waals surface area contributed by atoms with E-state index in [1.807, 2.05) is 12.1 Å². The number of hydrogen-bond acceptors (Lipinski definition) is 6. The largest absolute Gasteiger partial charge is 0.489 e. The average Bonchev–Trinajstić information content (AvgIpc) is 2.78. The summed E-state index contributed by atoms with van der Waals surface area (Å²) in [6, 6.07) is 8.92. The zero-order valence-electron chi connectivity index (χ0n) is 19.6. The number of nitrogens with one attached hydrogen (secondary N) is 3. The zero-order chi connectivity index (χ0) is 24.7. The molecule has 0 aromatic heterocycles. The Labute approximate surface area is 208 Å². The number of hydrogen-bond donors (Lipinski definition) is 3. The van der Waals surface area contributed by atoms with Crippen molar-refractivity contribution in [2.24, 2.45) is 0 Å². The van der Waals surface area contributed by atoms with Crippen LogP contribution < -0.4 is 15.4 Å². The van der Waals surface area contributed by atoms with Crippen molar-refractivity contribution < 1.29 is 23.4 Å². The number of carbonyl (C=O) groups excluding carboxylic acids is 1. The molecule has 3 N–H and O–H groups in total. The monoisotopic (exact) mass is 535 g/mol. The SMILES string of the molecule is CC(C)(C)OC(=O)NC(COc1c(Br)ccc(NC2CCCCO2)c1C=N)c1ccc(F)cc1. The van der Waals surface area contributed by atoms with E-state index in [0.717, 1.165) is 24.9 Å². The zero-order valence-corrected chi connectivity index (χ0v) is 21.2. The van der Waals surface area contributed by atoms with Crippen LogP contribution in [0.5, 0.6) is 5.75 Å². The molecule has 0 bridgehead atoms. The van der Waals surface area contributed by atoms with Crippen LogP contribution in [-0.4, -0.2) is 37.4 Å². The van der Waals surface area contributed by atoms with Gasteiger partial charge in [-0.3, -0.25) is 0 Å². The Kier molecular flexibility index (Phi) is 8.90. The summed E-state index contributed by atoms with van der Waals surface area (Å²) in [6.45, 7) is 6.06. The van der Waals surface area contributed by atoms with E-state index in [2.05, 4.69) is 26.6 Å². The molecule has 3 rings (SSSR count). The number of alkyl carbamates (subject to hydrolysis) is 1. The van der Waals surface area contributed by atoms with Gasteiger partial charge in [-0.05, 0) is 85.8 Å². The molecule has 2 atom stereocenters. The summed E-state index contributed by atoms with van der Waals surface area (Å²) in [7, 11) is 0. The Balaban J connectivity index is 1.81. The molecular formula is C25H31BrFN3O4. The lowest BCUT2D eigenvalue weighted by molar-refractivity contribution is 0.0343. The van der Waals surface area contributed by atoms with Crippen LogP contribution in [0.4, 0.5) is 14.9 Å². The molecule has 7 nitrogen and oxygen atoms in total. The number of ether oxygens (including phenoxy) is 3. The Morgan fingerprint density at radius 2 is 2.00 bits per heavy atom. The first-order valence-electron chi connectivity index (χ1n) is 11.2. The first kappa shape index (κ1) is 26.0. The van der Waals surface area contributed by atoms with E-state index in [4.69, 9.17) is 19.6 Å². The van der Waals surface area contributed by atoms with Crippen molar-refractivity contribution in [3.63, 3.8) is 0 Å². The fraction of sp³-hybridized carbons (Fsp3) is 0.440. The molecule has 184 valence electrons. The maximum Gasteiger partial charge on any atom is 0.408 e. The highest BCUT2D eigenvalue weighted by atomic mass is 79.9. The molecule has 2 aromatic rings. The molecule has 9 heteroatoms. The van der Waals surface area contributed by atoms with Gasteiger partial charge in [0.1, 0.15) is 30.0 Å². The number of amides is 1. The highest BCUT2D eigenvalue weighted by molar-refractivity contribution is 9.10. The van der Waals surface area contributed by atoms with Gasteiger partial charge in [0.25, 0.3) is 0 Å². The summed E-state index contributed by atoms with van der Waals surface area (Å²) >= 11 is 3.50. The second-order valence-corrected chi connectivity index (χ2v) is 9.90. The summed E-state index contributed by atoms with van der Waals surface area (Å²) in [5.74, 6) is 0.0761. The quantitative estimate of drug-likeness (QED) is 0.351. The second kappa shape index (κ2) is 11.7.